The molecule has 1 heterocycles. The molecule has 0 aliphatic rings. The zero-order chi connectivity index (χ0) is 18.0. The largest absolute Gasteiger partial charge is 0.340 e. The zero-order valence-corrected chi connectivity index (χ0v) is 15.4. The molecule has 0 bridgehead atoms. The van der Waals surface area contributed by atoms with E-state index in [1.807, 2.05) is 45.0 Å². The van der Waals surface area contributed by atoms with E-state index in [1.54, 1.807) is 6.20 Å². The molecule has 0 saturated carbocycles. The fourth-order valence-electron chi connectivity index (χ4n) is 2.24. The maximum atomic E-state index is 12.0. The minimum Gasteiger partial charge on any atom is -0.340 e. The molecule has 0 spiro atoms. The number of rotatable bonds is 3. The second-order valence-electron chi connectivity index (χ2n) is 8.06. The number of pyridine rings is 1. The smallest absolute Gasteiger partial charge is 0.229 e. The van der Waals surface area contributed by atoms with Gasteiger partial charge in [0.25, 0.3) is 0 Å². The minimum absolute atomic E-state index is 0.0249. The highest BCUT2D eigenvalue weighted by molar-refractivity contribution is 5.94. The van der Waals surface area contributed by atoms with Crippen LogP contribution in [0.15, 0.2) is 42.6 Å². The molecule has 1 amide bonds. The van der Waals surface area contributed by atoms with E-state index in [2.05, 4.69) is 48.5 Å². The summed E-state index contributed by atoms with van der Waals surface area (Å²) in [5.41, 5.74) is 2.60. The van der Waals surface area contributed by atoms with Crippen molar-refractivity contribution in [3.05, 3.63) is 48.2 Å². The van der Waals surface area contributed by atoms with Crippen molar-refractivity contribution in [2.75, 3.05) is 10.6 Å². The third kappa shape index (κ3) is 4.57. The van der Waals surface area contributed by atoms with Gasteiger partial charge in [-0.2, -0.15) is 0 Å². The van der Waals surface area contributed by atoms with Gasteiger partial charge in [-0.3, -0.25) is 4.79 Å². The quantitative estimate of drug-likeness (QED) is 0.824. The number of anilines is 3. The first-order valence-corrected chi connectivity index (χ1v) is 8.21. The van der Waals surface area contributed by atoms with Crippen LogP contribution < -0.4 is 10.6 Å². The van der Waals surface area contributed by atoms with Gasteiger partial charge in [-0.15, -0.1) is 0 Å². The van der Waals surface area contributed by atoms with Gasteiger partial charge >= 0.3 is 0 Å². The van der Waals surface area contributed by atoms with Gasteiger partial charge < -0.3 is 10.6 Å². The SMILES string of the molecule is CC(C)(C)C(=O)Nc1ccc(Nc2ccccc2C(C)(C)C)nc1. The van der Waals surface area contributed by atoms with Crippen molar-refractivity contribution in [3.63, 3.8) is 0 Å². The molecule has 0 radical (unpaired) electrons. The molecule has 24 heavy (non-hydrogen) atoms. The van der Waals surface area contributed by atoms with Crippen LogP contribution >= 0.6 is 0 Å². The van der Waals surface area contributed by atoms with E-state index in [9.17, 15) is 4.79 Å². The first-order chi connectivity index (χ1) is 11.1. The highest BCUT2D eigenvalue weighted by Gasteiger charge is 2.21. The van der Waals surface area contributed by atoms with Crippen molar-refractivity contribution in [3.8, 4) is 0 Å². The summed E-state index contributed by atoms with van der Waals surface area (Å²) in [5, 5.41) is 6.25. The average molecular weight is 325 g/mol. The average Bonchev–Trinajstić information content (AvgIpc) is 2.48. The summed E-state index contributed by atoms with van der Waals surface area (Å²) < 4.78 is 0. The fraction of sp³-hybridized carbons (Fsp3) is 0.400. The van der Waals surface area contributed by atoms with Gasteiger partial charge in [0.2, 0.25) is 5.91 Å². The molecule has 2 N–H and O–H groups in total. The van der Waals surface area contributed by atoms with Gasteiger partial charge in [0, 0.05) is 11.1 Å². The Morgan fingerprint density at radius 3 is 2.17 bits per heavy atom. The molecule has 0 saturated heterocycles. The number of amides is 1. The summed E-state index contributed by atoms with van der Waals surface area (Å²) in [6.07, 6.45) is 1.67. The van der Waals surface area contributed by atoms with E-state index >= 15 is 0 Å². The summed E-state index contributed by atoms with van der Waals surface area (Å²) in [5.74, 6) is 0.726. The maximum absolute atomic E-state index is 12.0. The van der Waals surface area contributed by atoms with Crippen LogP contribution in [0.3, 0.4) is 0 Å². The Kier molecular flexibility index (Phi) is 4.97. The zero-order valence-electron chi connectivity index (χ0n) is 15.4. The Bertz CT molecular complexity index is 707. The molecule has 4 nitrogen and oxygen atoms in total. The molecule has 128 valence electrons. The molecule has 0 atom stereocenters. The lowest BCUT2D eigenvalue weighted by Crippen LogP contribution is -2.27. The molecule has 2 aromatic rings. The van der Waals surface area contributed by atoms with Crippen LogP contribution in [0.25, 0.3) is 0 Å². The lowest BCUT2D eigenvalue weighted by atomic mass is 9.86. The normalized spacial score (nSPS) is 11.9. The maximum Gasteiger partial charge on any atom is 0.229 e. The van der Waals surface area contributed by atoms with E-state index in [0.717, 1.165) is 11.5 Å². The van der Waals surface area contributed by atoms with Crippen LogP contribution in [-0.2, 0) is 10.2 Å². The van der Waals surface area contributed by atoms with Gasteiger partial charge in [0.15, 0.2) is 0 Å². The number of hydrogen-bond acceptors (Lipinski definition) is 3. The molecule has 2 rings (SSSR count). The van der Waals surface area contributed by atoms with Crippen molar-refractivity contribution in [2.45, 2.75) is 47.0 Å². The summed E-state index contributed by atoms with van der Waals surface area (Å²) >= 11 is 0. The van der Waals surface area contributed by atoms with Crippen LogP contribution in [0.4, 0.5) is 17.2 Å². The van der Waals surface area contributed by atoms with E-state index in [-0.39, 0.29) is 11.3 Å². The number of benzene rings is 1. The van der Waals surface area contributed by atoms with E-state index in [4.69, 9.17) is 0 Å². The van der Waals surface area contributed by atoms with Gasteiger partial charge in [-0.05, 0) is 29.2 Å². The number of aromatic nitrogens is 1. The highest BCUT2D eigenvalue weighted by atomic mass is 16.2. The minimum atomic E-state index is -0.428. The van der Waals surface area contributed by atoms with Crippen LogP contribution in [0.2, 0.25) is 0 Å². The number of carbonyl (C=O) groups is 1. The first-order valence-electron chi connectivity index (χ1n) is 8.21. The van der Waals surface area contributed by atoms with E-state index < -0.39 is 5.41 Å². The predicted octanol–water partition coefficient (Wildman–Crippen LogP) is 5.11. The third-order valence-electron chi connectivity index (χ3n) is 3.70. The monoisotopic (exact) mass is 325 g/mol. The number of nitrogens with one attached hydrogen (secondary N) is 2. The summed E-state index contributed by atoms with van der Waals surface area (Å²) in [7, 11) is 0. The third-order valence-corrected chi connectivity index (χ3v) is 3.70. The standard InChI is InChI=1S/C20H27N3O/c1-19(2,3)15-9-7-8-10-16(15)23-17-12-11-14(13-21-17)22-18(24)20(4,5)6/h7-13H,1-6H3,(H,21,23)(H,22,24). The Morgan fingerprint density at radius 2 is 1.62 bits per heavy atom. The van der Waals surface area contributed by atoms with Gasteiger partial charge in [-0.1, -0.05) is 59.7 Å². The Morgan fingerprint density at radius 1 is 0.958 bits per heavy atom. The van der Waals surface area contributed by atoms with Crippen molar-refractivity contribution >= 4 is 23.1 Å². The summed E-state index contributed by atoms with van der Waals surface area (Å²) in [6, 6.07) is 12.0. The summed E-state index contributed by atoms with van der Waals surface area (Å²) in [4.78, 5) is 16.4. The Hall–Kier alpha value is -2.36. The predicted molar refractivity (Wildman–Crippen MR) is 101 cm³/mol. The number of carbonyl (C=O) groups excluding carboxylic acids is 1. The lowest BCUT2D eigenvalue weighted by Gasteiger charge is -2.23. The molecule has 0 aliphatic heterocycles. The van der Waals surface area contributed by atoms with Crippen LogP contribution in [0.1, 0.15) is 47.1 Å². The topological polar surface area (TPSA) is 54.0 Å². The van der Waals surface area contributed by atoms with Crippen molar-refractivity contribution < 1.29 is 4.79 Å². The molecular weight excluding hydrogens is 298 g/mol. The lowest BCUT2D eigenvalue weighted by molar-refractivity contribution is -0.123. The second-order valence-corrected chi connectivity index (χ2v) is 8.06. The molecule has 0 fully saturated rings. The van der Waals surface area contributed by atoms with Crippen molar-refractivity contribution in [2.24, 2.45) is 5.41 Å². The van der Waals surface area contributed by atoms with Gasteiger partial charge in [0.1, 0.15) is 5.82 Å². The van der Waals surface area contributed by atoms with Gasteiger partial charge in [-0.25, -0.2) is 4.98 Å². The van der Waals surface area contributed by atoms with E-state index in [1.165, 1.54) is 5.56 Å². The Balaban J connectivity index is 2.15. The number of hydrogen-bond donors (Lipinski definition) is 2. The molecule has 4 heteroatoms. The highest BCUT2D eigenvalue weighted by Crippen LogP contribution is 2.31. The Labute approximate surface area is 144 Å². The fourth-order valence-corrected chi connectivity index (χ4v) is 2.24. The molecule has 0 aliphatic carbocycles. The van der Waals surface area contributed by atoms with Crippen LogP contribution in [0.5, 0.6) is 0 Å². The van der Waals surface area contributed by atoms with E-state index in [0.29, 0.717) is 5.69 Å². The summed E-state index contributed by atoms with van der Waals surface area (Å²) in [6.45, 7) is 12.2. The van der Waals surface area contributed by atoms with Crippen LogP contribution in [-0.4, -0.2) is 10.9 Å². The second kappa shape index (κ2) is 6.63. The first kappa shape index (κ1) is 18.0. The van der Waals surface area contributed by atoms with Crippen LogP contribution in [0, 0.1) is 5.41 Å². The molecular formula is C20H27N3O. The number of para-hydroxylation sites is 1. The molecule has 1 aromatic carbocycles. The number of nitrogens with zero attached hydrogens (tertiary/aromatic N) is 1. The molecule has 0 unspecified atom stereocenters. The van der Waals surface area contributed by atoms with Crippen molar-refractivity contribution in [1.29, 1.82) is 0 Å². The van der Waals surface area contributed by atoms with Crippen molar-refractivity contribution in [1.82, 2.24) is 4.98 Å². The molecule has 1 aromatic heterocycles. The van der Waals surface area contributed by atoms with Gasteiger partial charge in [0.05, 0.1) is 11.9 Å².